The number of hydrogen-bond acceptors (Lipinski definition) is 5. The van der Waals surface area contributed by atoms with Crippen LogP contribution in [-0.4, -0.2) is 21.4 Å². The zero-order valence-corrected chi connectivity index (χ0v) is 20.1. The summed E-state index contributed by atoms with van der Waals surface area (Å²) in [6, 6.07) is 20.5. The number of thiophene rings is 1. The van der Waals surface area contributed by atoms with Crippen LogP contribution in [0.2, 0.25) is 0 Å². The Morgan fingerprint density at radius 1 is 0.892 bits per heavy atom. The summed E-state index contributed by atoms with van der Waals surface area (Å²) in [7, 11) is 0. The van der Waals surface area contributed by atoms with Crippen LogP contribution in [0.15, 0.2) is 103 Å². The highest BCUT2D eigenvalue weighted by Gasteiger charge is 2.28. The summed E-state index contributed by atoms with van der Waals surface area (Å²) in [5, 5.41) is 1.82. The first-order chi connectivity index (χ1) is 18.0. The maximum absolute atomic E-state index is 14.7. The van der Waals surface area contributed by atoms with Gasteiger partial charge in [-0.25, -0.2) is 23.5 Å². The topological polar surface area (TPSA) is 64.4 Å². The van der Waals surface area contributed by atoms with Gasteiger partial charge in [-0.3, -0.25) is 4.79 Å². The van der Waals surface area contributed by atoms with E-state index in [1.165, 1.54) is 35.7 Å². The van der Waals surface area contributed by atoms with E-state index < -0.39 is 23.4 Å². The second kappa shape index (κ2) is 10.5. The van der Waals surface area contributed by atoms with Crippen molar-refractivity contribution in [1.82, 2.24) is 9.55 Å². The van der Waals surface area contributed by atoms with Crippen molar-refractivity contribution in [3.63, 3.8) is 0 Å². The largest absolute Gasteiger partial charge is 0.444 e. The Morgan fingerprint density at radius 3 is 2.30 bits per heavy atom. The summed E-state index contributed by atoms with van der Waals surface area (Å²) in [6.45, 7) is -0.108. The number of rotatable bonds is 7. The fraction of sp³-hybridized carbons (Fsp3) is 0.0357. The van der Waals surface area contributed by atoms with Crippen molar-refractivity contribution in [2.24, 2.45) is 0 Å². The summed E-state index contributed by atoms with van der Waals surface area (Å²) in [6.07, 6.45) is 3.92. The molecule has 3 aromatic heterocycles. The zero-order valence-electron chi connectivity index (χ0n) is 19.3. The van der Waals surface area contributed by atoms with E-state index in [9.17, 15) is 18.4 Å². The fourth-order valence-corrected chi connectivity index (χ4v) is 4.59. The number of ketones is 1. The molecule has 3 heterocycles. The van der Waals surface area contributed by atoms with Crippen molar-refractivity contribution in [1.29, 1.82) is 0 Å². The average Bonchev–Trinajstić information content (AvgIpc) is 3.62. The van der Waals surface area contributed by atoms with Gasteiger partial charge in [0.2, 0.25) is 5.78 Å². The van der Waals surface area contributed by atoms with Gasteiger partial charge in [-0.1, -0.05) is 36.4 Å². The molecule has 0 atom stereocenters. The molecule has 0 aliphatic carbocycles. The molecule has 5 rings (SSSR count). The number of ether oxygens (including phenoxy) is 1. The third kappa shape index (κ3) is 5.03. The lowest BCUT2D eigenvalue weighted by Gasteiger charge is -2.22. The lowest BCUT2D eigenvalue weighted by Crippen LogP contribution is -2.29. The van der Waals surface area contributed by atoms with Crippen molar-refractivity contribution in [3.8, 4) is 5.69 Å². The van der Waals surface area contributed by atoms with E-state index in [1.807, 2.05) is 46.6 Å². The highest BCUT2D eigenvalue weighted by atomic mass is 32.1. The summed E-state index contributed by atoms with van der Waals surface area (Å²) >= 11 is 1.29. The number of benzene rings is 2. The van der Waals surface area contributed by atoms with E-state index in [-0.39, 0.29) is 23.8 Å². The van der Waals surface area contributed by atoms with E-state index >= 15 is 0 Å². The molecule has 37 heavy (non-hydrogen) atoms. The number of pyridine rings is 1. The summed E-state index contributed by atoms with van der Waals surface area (Å²) < 4.78 is 36.6. The third-order valence-electron chi connectivity index (χ3n) is 5.52. The first kappa shape index (κ1) is 24.1. The van der Waals surface area contributed by atoms with Gasteiger partial charge in [-0.2, -0.15) is 0 Å². The van der Waals surface area contributed by atoms with Gasteiger partial charge in [-0.15, -0.1) is 11.3 Å². The van der Waals surface area contributed by atoms with Gasteiger partial charge in [-0.05, 0) is 53.4 Å². The molecular formula is C28H19F2N3O3S. The number of para-hydroxylation sites is 1. The Balaban J connectivity index is 1.45. The second-order valence-corrected chi connectivity index (χ2v) is 8.82. The number of nitrogens with zero attached hydrogens (tertiary/aromatic N) is 3. The molecule has 0 radical (unpaired) electrons. The van der Waals surface area contributed by atoms with Gasteiger partial charge in [0.25, 0.3) is 0 Å². The third-order valence-corrected chi connectivity index (χ3v) is 6.42. The molecule has 6 nitrogen and oxygen atoms in total. The Bertz CT molecular complexity index is 1510. The smallest absolute Gasteiger partial charge is 0.420 e. The molecule has 0 unspecified atom stereocenters. The van der Waals surface area contributed by atoms with Crippen LogP contribution in [0.3, 0.4) is 0 Å². The molecule has 9 heteroatoms. The Morgan fingerprint density at radius 2 is 1.62 bits per heavy atom. The Labute approximate surface area is 215 Å². The minimum Gasteiger partial charge on any atom is -0.444 e. The highest BCUT2D eigenvalue weighted by molar-refractivity contribution is 7.12. The van der Waals surface area contributed by atoms with Crippen LogP contribution in [0.4, 0.5) is 25.1 Å². The van der Waals surface area contributed by atoms with Gasteiger partial charge < -0.3 is 9.30 Å². The highest BCUT2D eigenvalue weighted by Crippen LogP contribution is 2.31. The molecular weight excluding hydrogens is 496 g/mol. The van der Waals surface area contributed by atoms with Crippen LogP contribution in [0.5, 0.6) is 0 Å². The molecule has 0 saturated carbocycles. The molecule has 0 N–H and O–H groups in total. The minimum atomic E-state index is -1.02. The van der Waals surface area contributed by atoms with Crippen molar-refractivity contribution in [2.45, 2.75) is 6.61 Å². The van der Waals surface area contributed by atoms with E-state index in [0.717, 1.165) is 22.7 Å². The standard InChI is InChI=1S/C28H19F2N3O3S/c29-21-9-6-10-22(30)25(21)33(28(35)36-18-19-7-2-1-3-8-19)24-12-11-20(17-31-24)26(34)27-23(13-16-37-27)32-14-4-5-15-32/h1-17H,18H2. The maximum Gasteiger partial charge on any atom is 0.420 e. The van der Waals surface area contributed by atoms with Gasteiger partial charge in [0.1, 0.15) is 29.7 Å². The van der Waals surface area contributed by atoms with E-state index in [4.69, 9.17) is 4.74 Å². The number of amides is 1. The van der Waals surface area contributed by atoms with Crippen LogP contribution in [0, 0.1) is 11.6 Å². The van der Waals surface area contributed by atoms with Crippen molar-refractivity contribution in [2.75, 3.05) is 4.90 Å². The average molecular weight is 516 g/mol. The second-order valence-electron chi connectivity index (χ2n) is 7.91. The number of anilines is 2. The predicted octanol–water partition coefficient (Wildman–Crippen LogP) is 6.92. The van der Waals surface area contributed by atoms with E-state index in [0.29, 0.717) is 10.4 Å². The van der Waals surface area contributed by atoms with Crippen LogP contribution >= 0.6 is 11.3 Å². The first-order valence-electron chi connectivity index (χ1n) is 11.2. The number of halogens is 2. The van der Waals surface area contributed by atoms with Gasteiger partial charge in [0.05, 0.1) is 10.6 Å². The van der Waals surface area contributed by atoms with E-state index in [2.05, 4.69) is 4.98 Å². The monoisotopic (exact) mass is 515 g/mol. The molecule has 0 spiro atoms. The van der Waals surface area contributed by atoms with Crippen LogP contribution in [0.25, 0.3) is 5.69 Å². The Hall–Kier alpha value is -4.63. The van der Waals surface area contributed by atoms with Crippen LogP contribution < -0.4 is 4.90 Å². The van der Waals surface area contributed by atoms with Crippen molar-refractivity contribution in [3.05, 3.63) is 130 Å². The molecule has 0 aliphatic rings. The quantitative estimate of drug-likeness (QED) is 0.221. The van der Waals surface area contributed by atoms with E-state index in [1.54, 1.807) is 24.3 Å². The molecule has 1 amide bonds. The molecule has 184 valence electrons. The zero-order chi connectivity index (χ0) is 25.8. The van der Waals surface area contributed by atoms with Crippen LogP contribution in [0.1, 0.15) is 20.8 Å². The van der Waals surface area contributed by atoms with Gasteiger partial charge in [0.15, 0.2) is 0 Å². The number of hydrogen-bond donors (Lipinski definition) is 0. The molecule has 2 aromatic carbocycles. The van der Waals surface area contributed by atoms with Gasteiger partial charge in [0, 0.05) is 24.2 Å². The maximum atomic E-state index is 14.7. The minimum absolute atomic E-state index is 0.101. The molecule has 5 aromatic rings. The predicted molar refractivity (Wildman–Crippen MR) is 136 cm³/mol. The molecule has 0 fully saturated rings. The number of aromatic nitrogens is 2. The van der Waals surface area contributed by atoms with Crippen molar-refractivity contribution >= 4 is 34.7 Å². The summed E-state index contributed by atoms with van der Waals surface area (Å²) in [5.74, 6) is -2.30. The normalized spacial score (nSPS) is 10.8. The lowest BCUT2D eigenvalue weighted by molar-refractivity contribution is 0.104. The molecule has 0 aliphatic heterocycles. The van der Waals surface area contributed by atoms with Crippen LogP contribution in [-0.2, 0) is 11.3 Å². The molecule has 0 saturated heterocycles. The number of carbonyl (C=O) groups is 2. The van der Waals surface area contributed by atoms with Crippen molar-refractivity contribution < 1.29 is 23.1 Å². The number of carbonyl (C=O) groups excluding carboxylic acids is 2. The Kier molecular flexibility index (Phi) is 6.87. The summed E-state index contributed by atoms with van der Waals surface area (Å²) in [4.78, 5) is 31.7. The van der Waals surface area contributed by atoms with Gasteiger partial charge >= 0.3 is 6.09 Å². The molecule has 0 bridgehead atoms. The summed E-state index contributed by atoms with van der Waals surface area (Å²) in [5.41, 5.74) is 1.06. The lowest BCUT2D eigenvalue weighted by atomic mass is 10.1. The first-order valence-corrected chi connectivity index (χ1v) is 12.1. The SMILES string of the molecule is O=C(c1ccc(N(C(=O)OCc2ccccc2)c2c(F)cccc2F)nc1)c1sccc1-n1cccc1. The fourth-order valence-electron chi connectivity index (χ4n) is 3.74.